The Morgan fingerprint density at radius 1 is 0.783 bits per heavy atom. The van der Waals surface area contributed by atoms with Crippen molar-refractivity contribution in [3.63, 3.8) is 0 Å². The van der Waals surface area contributed by atoms with Gasteiger partial charge >= 0.3 is 0 Å². The number of rotatable bonds is 5. The molecular weight excluding hydrogens is 280 g/mol. The fourth-order valence-corrected chi connectivity index (χ4v) is 3.04. The predicted octanol–water partition coefficient (Wildman–Crippen LogP) is 6.49. The Bertz CT molecular complexity index is 776. The molecule has 0 spiro atoms. The first-order valence-corrected chi connectivity index (χ1v) is 8.44. The molecular formula is C22H24O. The lowest BCUT2D eigenvalue weighted by Gasteiger charge is -2.19. The van der Waals surface area contributed by atoms with Crippen molar-refractivity contribution in [2.45, 2.75) is 39.2 Å². The quantitative estimate of drug-likeness (QED) is 0.523. The molecule has 0 saturated carbocycles. The molecule has 0 fully saturated rings. The van der Waals surface area contributed by atoms with Crippen LogP contribution in [0.5, 0.6) is 5.75 Å². The van der Waals surface area contributed by atoms with Crippen LogP contribution in [-0.2, 0) is 0 Å². The van der Waals surface area contributed by atoms with Crippen LogP contribution in [0.3, 0.4) is 0 Å². The van der Waals surface area contributed by atoms with E-state index in [0.717, 1.165) is 12.2 Å². The summed E-state index contributed by atoms with van der Waals surface area (Å²) in [6.07, 6.45) is 1.18. The summed E-state index contributed by atoms with van der Waals surface area (Å²) in [5.74, 6) is 1.52. The van der Waals surface area contributed by atoms with Gasteiger partial charge in [0.05, 0.1) is 0 Å². The van der Waals surface area contributed by atoms with Crippen LogP contribution >= 0.6 is 0 Å². The van der Waals surface area contributed by atoms with Gasteiger partial charge in [-0.2, -0.15) is 0 Å². The largest absolute Gasteiger partial charge is 0.485 e. The number of hydrogen-bond acceptors (Lipinski definition) is 1. The van der Waals surface area contributed by atoms with Gasteiger partial charge in [0.25, 0.3) is 0 Å². The number of fused-ring (bicyclic) bond motifs is 1. The number of hydrogen-bond donors (Lipinski definition) is 0. The first-order valence-electron chi connectivity index (χ1n) is 8.44. The average Bonchev–Trinajstić information content (AvgIpc) is 2.61. The van der Waals surface area contributed by atoms with Gasteiger partial charge in [0.2, 0.25) is 0 Å². The maximum atomic E-state index is 6.28. The lowest BCUT2D eigenvalue weighted by atomic mass is 9.93. The molecule has 0 aliphatic rings. The van der Waals surface area contributed by atoms with Crippen LogP contribution in [-0.4, -0.2) is 0 Å². The molecule has 0 aliphatic heterocycles. The zero-order valence-electron chi connectivity index (χ0n) is 14.1. The molecule has 0 N–H and O–H groups in total. The first kappa shape index (κ1) is 15.6. The van der Waals surface area contributed by atoms with E-state index in [1.807, 2.05) is 6.07 Å². The van der Waals surface area contributed by atoms with Gasteiger partial charge in [0.15, 0.2) is 0 Å². The van der Waals surface area contributed by atoms with Crippen molar-refractivity contribution in [2.75, 3.05) is 0 Å². The smallest absolute Gasteiger partial charge is 0.128 e. The van der Waals surface area contributed by atoms with Crippen LogP contribution < -0.4 is 4.74 Å². The number of benzene rings is 3. The zero-order chi connectivity index (χ0) is 16.2. The minimum Gasteiger partial charge on any atom is -0.485 e. The van der Waals surface area contributed by atoms with E-state index in [1.165, 1.54) is 21.9 Å². The van der Waals surface area contributed by atoms with E-state index in [-0.39, 0.29) is 6.10 Å². The molecule has 3 aromatic rings. The standard InChI is InChI=1S/C22H24O/c1-4-16(2)19-12-8-14-21-20(19)13-9-15-22(21)23-17(3)18-10-6-5-7-11-18/h5-17H,4H2,1-3H3. The van der Waals surface area contributed by atoms with Crippen LogP contribution in [0.25, 0.3) is 10.8 Å². The molecule has 0 bridgehead atoms. The fraction of sp³-hybridized carbons (Fsp3) is 0.273. The minimum atomic E-state index is 0.0362. The molecule has 2 unspecified atom stereocenters. The Hall–Kier alpha value is -2.28. The van der Waals surface area contributed by atoms with Gasteiger partial charge in [-0.3, -0.25) is 0 Å². The molecule has 3 rings (SSSR count). The van der Waals surface area contributed by atoms with E-state index in [1.54, 1.807) is 0 Å². The summed E-state index contributed by atoms with van der Waals surface area (Å²) in [5.41, 5.74) is 2.60. The molecule has 3 aromatic carbocycles. The van der Waals surface area contributed by atoms with E-state index in [0.29, 0.717) is 5.92 Å². The summed E-state index contributed by atoms with van der Waals surface area (Å²) < 4.78 is 6.28. The van der Waals surface area contributed by atoms with Crippen molar-refractivity contribution >= 4 is 10.8 Å². The van der Waals surface area contributed by atoms with Crippen LogP contribution in [0.15, 0.2) is 66.7 Å². The summed E-state index contributed by atoms with van der Waals surface area (Å²) >= 11 is 0. The Kier molecular flexibility index (Phi) is 4.66. The predicted molar refractivity (Wildman–Crippen MR) is 98.1 cm³/mol. The molecule has 0 radical (unpaired) electrons. The first-order chi connectivity index (χ1) is 11.2. The third-order valence-electron chi connectivity index (χ3n) is 4.63. The highest BCUT2D eigenvalue weighted by Gasteiger charge is 2.12. The van der Waals surface area contributed by atoms with Crippen molar-refractivity contribution in [3.8, 4) is 5.75 Å². The van der Waals surface area contributed by atoms with E-state index < -0.39 is 0 Å². The van der Waals surface area contributed by atoms with Crippen LogP contribution in [0.1, 0.15) is 50.3 Å². The van der Waals surface area contributed by atoms with Gasteiger partial charge < -0.3 is 4.74 Å². The van der Waals surface area contributed by atoms with Gasteiger partial charge in [-0.05, 0) is 41.8 Å². The molecule has 0 aromatic heterocycles. The Morgan fingerprint density at radius 2 is 1.48 bits per heavy atom. The van der Waals surface area contributed by atoms with E-state index >= 15 is 0 Å². The number of ether oxygens (including phenoxy) is 1. The van der Waals surface area contributed by atoms with Crippen LogP contribution in [0.2, 0.25) is 0 Å². The van der Waals surface area contributed by atoms with Gasteiger partial charge in [0, 0.05) is 5.39 Å². The summed E-state index contributed by atoms with van der Waals surface area (Å²) in [6, 6.07) is 23.3. The summed E-state index contributed by atoms with van der Waals surface area (Å²) in [7, 11) is 0. The molecule has 0 saturated heterocycles. The van der Waals surface area contributed by atoms with Crippen molar-refractivity contribution in [1.82, 2.24) is 0 Å². The molecule has 1 heteroatoms. The second kappa shape index (κ2) is 6.87. The van der Waals surface area contributed by atoms with Gasteiger partial charge in [0.1, 0.15) is 11.9 Å². The third-order valence-corrected chi connectivity index (χ3v) is 4.63. The van der Waals surface area contributed by atoms with Crippen molar-refractivity contribution in [3.05, 3.63) is 77.9 Å². The highest BCUT2D eigenvalue weighted by atomic mass is 16.5. The summed E-state index contributed by atoms with van der Waals surface area (Å²) in [4.78, 5) is 0. The highest BCUT2D eigenvalue weighted by Crippen LogP contribution is 2.34. The lowest BCUT2D eigenvalue weighted by molar-refractivity contribution is 0.230. The monoisotopic (exact) mass is 304 g/mol. The topological polar surface area (TPSA) is 9.23 Å². The zero-order valence-corrected chi connectivity index (χ0v) is 14.1. The Labute approximate surface area is 138 Å². The Balaban J connectivity index is 1.99. The van der Waals surface area contributed by atoms with Crippen molar-refractivity contribution in [1.29, 1.82) is 0 Å². The molecule has 23 heavy (non-hydrogen) atoms. The second-order valence-corrected chi connectivity index (χ2v) is 6.18. The molecule has 0 aliphatic carbocycles. The molecule has 1 nitrogen and oxygen atoms in total. The second-order valence-electron chi connectivity index (χ2n) is 6.18. The van der Waals surface area contributed by atoms with Crippen LogP contribution in [0.4, 0.5) is 0 Å². The van der Waals surface area contributed by atoms with Gasteiger partial charge in [-0.1, -0.05) is 74.5 Å². The summed E-state index contributed by atoms with van der Waals surface area (Å²) in [6.45, 7) is 6.63. The maximum Gasteiger partial charge on any atom is 0.128 e. The minimum absolute atomic E-state index is 0.0362. The van der Waals surface area contributed by atoms with Gasteiger partial charge in [-0.15, -0.1) is 0 Å². The normalized spacial score (nSPS) is 13.7. The average molecular weight is 304 g/mol. The molecule has 118 valence electrons. The fourth-order valence-electron chi connectivity index (χ4n) is 3.04. The van der Waals surface area contributed by atoms with E-state index in [4.69, 9.17) is 4.74 Å². The van der Waals surface area contributed by atoms with E-state index in [2.05, 4.69) is 81.4 Å². The van der Waals surface area contributed by atoms with Crippen molar-refractivity contribution in [2.24, 2.45) is 0 Å². The van der Waals surface area contributed by atoms with E-state index in [9.17, 15) is 0 Å². The SMILES string of the molecule is CCC(C)c1cccc2c(OC(C)c3ccccc3)cccc12. The van der Waals surface area contributed by atoms with Gasteiger partial charge in [-0.25, -0.2) is 0 Å². The molecule has 0 amide bonds. The third kappa shape index (κ3) is 3.24. The maximum absolute atomic E-state index is 6.28. The molecule has 2 atom stereocenters. The highest BCUT2D eigenvalue weighted by molar-refractivity contribution is 5.91. The summed E-state index contributed by atoms with van der Waals surface area (Å²) in [5, 5.41) is 2.51. The molecule has 0 heterocycles. The van der Waals surface area contributed by atoms with Crippen LogP contribution in [0, 0.1) is 0 Å². The lowest BCUT2D eigenvalue weighted by Crippen LogP contribution is -2.03. The van der Waals surface area contributed by atoms with Crippen molar-refractivity contribution < 1.29 is 4.74 Å². The Morgan fingerprint density at radius 3 is 2.22 bits per heavy atom.